The van der Waals surface area contributed by atoms with Crippen molar-refractivity contribution in [2.45, 2.75) is 72.9 Å². The van der Waals surface area contributed by atoms with Crippen LogP contribution < -0.4 is 5.32 Å². The van der Waals surface area contributed by atoms with Gasteiger partial charge >= 0.3 is 0 Å². The molecule has 0 radical (unpaired) electrons. The van der Waals surface area contributed by atoms with Crippen LogP contribution >= 0.6 is 0 Å². The lowest BCUT2D eigenvalue weighted by atomic mass is 9.90. The smallest absolute Gasteiger partial charge is 0.246 e. The molecule has 4 nitrogen and oxygen atoms in total. The van der Waals surface area contributed by atoms with Crippen LogP contribution in [0.15, 0.2) is 0 Å². The van der Waals surface area contributed by atoms with Gasteiger partial charge in [-0.1, -0.05) is 48.0 Å². The Balaban J connectivity index is 2.87. The number of nitrogens with zero attached hydrogens (tertiary/aromatic N) is 1. The molecular formula is C17H32N2O2. The van der Waals surface area contributed by atoms with Gasteiger partial charge in [0.1, 0.15) is 12.1 Å². The predicted octanol–water partition coefficient (Wildman–Crippen LogP) is 2.82. The second kappa shape index (κ2) is 7.81. The van der Waals surface area contributed by atoms with Crippen LogP contribution in [0.4, 0.5) is 0 Å². The van der Waals surface area contributed by atoms with Crippen molar-refractivity contribution in [3.05, 3.63) is 0 Å². The van der Waals surface area contributed by atoms with Crippen LogP contribution in [0.5, 0.6) is 0 Å². The second-order valence-electron chi connectivity index (χ2n) is 7.13. The second-order valence-corrected chi connectivity index (χ2v) is 7.13. The van der Waals surface area contributed by atoms with Crippen LogP contribution in [-0.2, 0) is 9.59 Å². The fourth-order valence-corrected chi connectivity index (χ4v) is 2.96. The van der Waals surface area contributed by atoms with Gasteiger partial charge in [-0.05, 0) is 30.6 Å². The number of hydrogen-bond acceptors (Lipinski definition) is 2. The SMILES string of the molecule is CCC(C)C1NC(=O)C(C(C)C)N(CCCC(C)C)C1=O. The van der Waals surface area contributed by atoms with Gasteiger partial charge in [-0.3, -0.25) is 9.59 Å². The van der Waals surface area contributed by atoms with Crippen LogP contribution in [0.1, 0.15) is 60.8 Å². The predicted molar refractivity (Wildman–Crippen MR) is 85.8 cm³/mol. The fraction of sp³-hybridized carbons (Fsp3) is 0.882. The van der Waals surface area contributed by atoms with Crippen molar-refractivity contribution >= 4 is 11.8 Å². The molecule has 3 unspecified atom stereocenters. The Bertz CT molecular complexity index is 366. The van der Waals surface area contributed by atoms with E-state index in [2.05, 4.69) is 26.1 Å². The first kappa shape index (κ1) is 18.0. The molecule has 3 atom stereocenters. The molecule has 1 saturated heterocycles. The lowest BCUT2D eigenvalue weighted by molar-refractivity contribution is -0.152. The van der Waals surface area contributed by atoms with E-state index in [9.17, 15) is 9.59 Å². The van der Waals surface area contributed by atoms with Crippen molar-refractivity contribution < 1.29 is 9.59 Å². The maximum absolute atomic E-state index is 12.8. The molecule has 21 heavy (non-hydrogen) atoms. The van der Waals surface area contributed by atoms with Gasteiger partial charge in [0, 0.05) is 6.54 Å². The molecule has 1 N–H and O–H groups in total. The van der Waals surface area contributed by atoms with Crippen LogP contribution in [0, 0.1) is 17.8 Å². The molecule has 2 amide bonds. The molecule has 0 aromatic heterocycles. The Morgan fingerprint density at radius 3 is 2.24 bits per heavy atom. The summed E-state index contributed by atoms with van der Waals surface area (Å²) < 4.78 is 0. The van der Waals surface area contributed by atoms with Crippen LogP contribution in [0.25, 0.3) is 0 Å². The molecule has 1 rings (SSSR count). The normalized spacial score (nSPS) is 24.7. The van der Waals surface area contributed by atoms with Crippen molar-refractivity contribution in [1.82, 2.24) is 10.2 Å². The molecule has 0 aromatic carbocycles. The Labute approximate surface area is 129 Å². The third-order valence-corrected chi connectivity index (χ3v) is 4.48. The average molecular weight is 296 g/mol. The molecule has 0 aliphatic carbocycles. The average Bonchev–Trinajstić information content (AvgIpc) is 2.40. The molecule has 0 aromatic rings. The van der Waals surface area contributed by atoms with Gasteiger partial charge in [0.15, 0.2) is 0 Å². The maximum Gasteiger partial charge on any atom is 0.246 e. The van der Waals surface area contributed by atoms with E-state index < -0.39 is 0 Å². The minimum absolute atomic E-state index is 0.0134. The van der Waals surface area contributed by atoms with E-state index in [1.54, 1.807) is 0 Å². The first-order valence-electron chi connectivity index (χ1n) is 8.40. The quantitative estimate of drug-likeness (QED) is 0.785. The minimum Gasteiger partial charge on any atom is -0.342 e. The van der Waals surface area contributed by atoms with Gasteiger partial charge in [0.25, 0.3) is 0 Å². The molecule has 1 fully saturated rings. The zero-order valence-electron chi connectivity index (χ0n) is 14.5. The third kappa shape index (κ3) is 4.45. The number of hydrogen-bond donors (Lipinski definition) is 1. The summed E-state index contributed by atoms with van der Waals surface area (Å²) >= 11 is 0. The van der Waals surface area contributed by atoms with Crippen molar-refractivity contribution in [3.8, 4) is 0 Å². The van der Waals surface area contributed by atoms with Crippen molar-refractivity contribution in [1.29, 1.82) is 0 Å². The summed E-state index contributed by atoms with van der Waals surface area (Å²) in [4.78, 5) is 27.0. The van der Waals surface area contributed by atoms with Crippen molar-refractivity contribution in [2.24, 2.45) is 17.8 Å². The summed E-state index contributed by atoms with van der Waals surface area (Å²) in [7, 11) is 0. The molecular weight excluding hydrogens is 264 g/mol. The van der Waals surface area contributed by atoms with E-state index >= 15 is 0 Å². The Morgan fingerprint density at radius 1 is 1.14 bits per heavy atom. The highest BCUT2D eigenvalue weighted by atomic mass is 16.2. The van der Waals surface area contributed by atoms with E-state index in [0.717, 1.165) is 19.3 Å². The number of piperazine rings is 1. The largest absolute Gasteiger partial charge is 0.342 e. The van der Waals surface area contributed by atoms with Gasteiger partial charge in [-0.15, -0.1) is 0 Å². The summed E-state index contributed by atoms with van der Waals surface area (Å²) in [6.45, 7) is 13.2. The summed E-state index contributed by atoms with van der Waals surface area (Å²) in [5.74, 6) is 1.07. The molecule has 0 saturated carbocycles. The summed E-state index contributed by atoms with van der Waals surface area (Å²) in [5.41, 5.74) is 0. The van der Waals surface area contributed by atoms with Gasteiger partial charge < -0.3 is 10.2 Å². The number of nitrogens with one attached hydrogen (secondary N) is 1. The standard InChI is InChI=1S/C17H32N2O2/c1-7-13(6)14-17(21)19(10-8-9-11(2)3)15(12(4)5)16(20)18-14/h11-15H,7-10H2,1-6H3,(H,18,20). The van der Waals surface area contributed by atoms with Crippen molar-refractivity contribution in [2.75, 3.05) is 6.54 Å². The Hall–Kier alpha value is -1.06. The molecule has 1 aliphatic heterocycles. The minimum atomic E-state index is -0.350. The monoisotopic (exact) mass is 296 g/mol. The highest BCUT2D eigenvalue weighted by molar-refractivity contribution is 5.97. The topological polar surface area (TPSA) is 49.4 Å². The molecule has 4 heteroatoms. The molecule has 0 bridgehead atoms. The fourth-order valence-electron chi connectivity index (χ4n) is 2.96. The Morgan fingerprint density at radius 2 is 1.76 bits per heavy atom. The molecule has 0 spiro atoms. The van der Waals surface area contributed by atoms with E-state index in [-0.39, 0.29) is 35.7 Å². The molecule has 1 aliphatic rings. The highest BCUT2D eigenvalue weighted by Gasteiger charge is 2.42. The van der Waals surface area contributed by atoms with Crippen LogP contribution in [0.2, 0.25) is 0 Å². The summed E-state index contributed by atoms with van der Waals surface area (Å²) in [6, 6.07) is -0.665. The summed E-state index contributed by atoms with van der Waals surface area (Å²) in [6.07, 6.45) is 2.94. The van der Waals surface area contributed by atoms with Gasteiger partial charge in [0.05, 0.1) is 0 Å². The lowest BCUT2D eigenvalue weighted by Crippen LogP contribution is -2.66. The number of amides is 2. The maximum atomic E-state index is 12.8. The Kier molecular flexibility index (Phi) is 6.69. The zero-order valence-corrected chi connectivity index (χ0v) is 14.5. The number of carbonyl (C=O) groups is 2. The van der Waals surface area contributed by atoms with E-state index in [1.165, 1.54) is 0 Å². The van der Waals surface area contributed by atoms with Crippen LogP contribution in [-0.4, -0.2) is 35.3 Å². The van der Waals surface area contributed by atoms with Crippen molar-refractivity contribution in [3.63, 3.8) is 0 Å². The summed E-state index contributed by atoms with van der Waals surface area (Å²) in [5, 5.41) is 2.95. The lowest BCUT2D eigenvalue weighted by Gasteiger charge is -2.42. The van der Waals surface area contributed by atoms with E-state index in [1.807, 2.05) is 25.7 Å². The number of carbonyl (C=O) groups excluding carboxylic acids is 2. The van der Waals surface area contributed by atoms with Gasteiger partial charge in [0.2, 0.25) is 11.8 Å². The van der Waals surface area contributed by atoms with E-state index in [0.29, 0.717) is 12.5 Å². The van der Waals surface area contributed by atoms with Crippen LogP contribution in [0.3, 0.4) is 0 Å². The first-order chi connectivity index (χ1) is 9.79. The van der Waals surface area contributed by atoms with Gasteiger partial charge in [-0.25, -0.2) is 0 Å². The van der Waals surface area contributed by atoms with Gasteiger partial charge in [-0.2, -0.15) is 0 Å². The van der Waals surface area contributed by atoms with E-state index in [4.69, 9.17) is 0 Å². The third-order valence-electron chi connectivity index (χ3n) is 4.48. The molecule has 1 heterocycles. The number of rotatable bonds is 7. The first-order valence-corrected chi connectivity index (χ1v) is 8.40. The highest BCUT2D eigenvalue weighted by Crippen LogP contribution is 2.23. The molecule has 122 valence electrons. The zero-order chi connectivity index (χ0) is 16.2.